The van der Waals surface area contributed by atoms with Crippen LogP contribution in [-0.2, 0) is 9.47 Å². The van der Waals surface area contributed by atoms with Crippen molar-refractivity contribution in [1.82, 2.24) is 29.7 Å². The van der Waals surface area contributed by atoms with E-state index in [9.17, 15) is 9.59 Å². The van der Waals surface area contributed by atoms with Crippen molar-refractivity contribution < 1.29 is 19.1 Å². The number of halogens is 2. The van der Waals surface area contributed by atoms with Crippen LogP contribution in [0.1, 0.15) is 107 Å². The molecule has 0 aliphatic heterocycles. The third kappa shape index (κ3) is 8.15. The first-order valence-corrected chi connectivity index (χ1v) is 19.7. The molecule has 2 amide bonds. The third-order valence-corrected chi connectivity index (χ3v) is 11.6. The Morgan fingerprint density at radius 3 is 1.13 bits per heavy atom. The van der Waals surface area contributed by atoms with Gasteiger partial charge in [-0.15, -0.1) is 0 Å². The minimum atomic E-state index is -0.612. The predicted molar refractivity (Wildman–Crippen MR) is 214 cm³/mol. The number of aromatic nitrogens is 4. The second-order valence-electron chi connectivity index (χ2n) is 17.3. The molecule has 0 saturated heterocycles. The van der Waals surface area contributed by atoms with Gasteiger partial charge in [-0.25, -0.2) is 19.6 Å². The molecular formula is C42H54Cl2N6O4. The topological polar surface area (TPSA) is 116 Å². The molecule has 0 bridgehead atoms. The average molecular weight is 778 g/mol. The van der Waals surface area contributed by atoms with Crippen molar-refractivity contribution in [2.24, 2.45) is 23.7 Å². The molecule has 0 spiro atoms. The summed E-state index contributed by atoms with van der Waals surface area (Å²) >= 11 is 13.4. The van der Waals surface area contributed by atoms with E-state index in [1.807, 2.05) is 104 Å². The first-order chi connectivity index (χ1) is 25.2. The molecule has 2 heterocycles. The Hall–Kier alpha value is -4.02. The summed E-state index contributed by atoms with van der Waals surface area (Å²) in [6.07, 6.45) is -0.708. The summed E-state index contributed by atoms with van der Waals surface area (Å²) < 4.78 is 11.6. The highest BCUT2D eigenvalue weighted by atomic mass is 35.5. The fraction of sp³-hybridized carbons (Fsp3) is 0.524. The fourth-order valence-electron chi connectivity index (χ4n) is 7.41. The van der Waals surface area contributed by atoms with Gasteiger partial charge in [0.25, 0.3) is 0 Å². The standard InChI is InChI=1S/C42H54Cl2N6O4/c1-21-22(2)33(21)49(39(51)53-41(7,8)9)25(5)37-45-31(35(43)47-37)29-17-13-27(14-18-29)28-15-19-30(20-16-28)32-36(44)48-38(46-32)26(6)50(34-23(3)24(34)4)40(52)54-42(10,11)12/h13-26,33-34H,1-12H3,(H,45,47)(H,46,48)/t21-,22+,23-,24+,25-,26-,33?,34?/m0/s1. The molecule has 10 nitrogen and oxygen atoms in total. The van der Waals surface area contributed by atoms with Crippen molar-refractivity contribution in [3.63, 3.8) is 0 Å². The van der Waals surface area contributed by atoms with E-state index in [0.29, 0.717) is 57.0 Å². The summed E-state index contributed by atoms with van der Waals surface area (Å²) in [5, 5.41) is 0.824. The van der Waals surface area contributed by atoms with Gasteiger partial charge in [-0.2, -0.15) is 0 Å². The summed E-state index contributed by atoms with van der Waals surface area (Å²) in [7, 11) is 0. The van der Waals surface area contributed by atoms with E-state index in [1.165, 1.54) is 0 Å². The van der Waals surface area contributed by atoms with Crippen LogP contribution in [0, 0.1) is 23.7 Å². The number of nitrogens with one attached hydrogen (secondary N) is 2. The van der Waals surface area contributed by atoms with Gasteiger partial charge < -0.3 is 19.4 Å². The van der Waals surface area contributed by atoms with Crippen LogP contribution in [0.5, 0.6) is 0 Å². The number of carbonyl (C=O) groups is 2. The van der Waals surface area contributed by atoms with Crippen LogP contribution >= 0.6 is 23.2 Å². The first kappa shape index (κ1) is 39.7. The maximum Gasteiger partial charge on any atom is 0.411 e. The molecule has 2 aliphatic carbocycles. The van der Waals surface area contributed by atoms with Crippen LogP contribution in [0.15, 0.2) is 48.5 Å². The Kier molecular flexibility index (Phi) is 10.7. The highest BCUT2D eigenvalue weighted by Crippen LogP contribution is 2.48. The number of H-pyrrole nitrogens is 2. The molecule has 8 atom stereocenters. The molecule has 4 aromatic rings. The van der Waals surface area contributed by atoms with E-state index < -0.39 is 11.2 Å². The molecule has 6 rings (SSSR count). The van der Waals surface area contributed by atoms with Crippen molar-refractivity contribution in [1.29, 1.82) is 0 Å². The van der Waals surface area contributed by atoms with Gasteiger partial charge in [-0.3, -0.25) is 9.80 Å². The number of hydrogen-bond donors (Lipinski definition) is 2. The Labute approximate surface area is 329 Å². The van der Waals surface area contributed by atoms with Gasteiger partial charge in [0.2, 0.25) is 0 Å². The monoisotopic (exact) mass is 776 g/mol. The number of benzene rings is 2. The number of hydrogen-bond acceptors (Lipinski definition) is 6. The van der Waals surface area contributed by atoms with E-state index in [2.05, 4.69) is 37.7 Å². The van der Waals surface area contributed by atoms with Gasteiger partial charge >= 0.3 is 12.2 Å². The van der Waals surface area contributed by atoms with E-state index >= 15 is 0 Å². The van der Waals surface area contributed by atoms with Crippen molar-refractivity contribution in [3.8, 4) is 33.6 Å². The van der Waals surface area contributed by atoms with Crippen molar-refractivity contribution in [2.45, 2.75) is 118 Å². The van der Waals surface area contributed by atoms with Crippen LogP contribution in [0.2, 0.25) is 10.3 Å². The third-order valence-electron chi connectivity index (χ3n) is 11.0. The van der Waals surface area contributed by atoms with Gasteiger partial charge in [0.15, 0.2) is 0 Å². The van der Waals surface area contributed by atoms with Crippen LogP contribution in [0.4, 0.5) is 9.59 Å². The van der Waals surface area contributed by atoms with E-state index in [-0.39, 0.29) is 36.4 Å². The molecule has 54 heavy (non-hydrogen) atoms. The van der Waals surface area contributed by atoms with Crippen LogP contribution in [-0.4, -0.2) is 65.2 Å². The van der Waals surface area contributed by atoms with Gasteiger partial charge in [-0.1, -0.05) is 99.4 Å². The van der Waals surface area contributed by atoms with Gasteiger partial charge in [0, 0.05) is 23.2 Å². The lowest BCUT2D eigenvalue weighted by Gasteiger charge is -2.31. The largest absolute Gasteiger partial charge is 0.444 e. The minimum Gasteiger partial charge on any atom is -0.444 e. The number of rotatable bonds is 9. The highest BCUT2D eigenvalue weighted by Gasteiger charge is 2.53. The molecule has 2 N–H and O–H groups in total. The molecule has 12 heteroatoms. The predicted octanol–water partition coefficient (Wildman–Crippen LogP) is 11.3. The molecular weight excluding hydrogens is 723 g/mol. The molecule has 290 valence electrons. The Balaban J connectivity index is 1.17. The maximum atomic E-state index is 13.4. The van der Waals surface area contributed by atoms with E-state index in [0.717, 1.165) is 22.3 Å². The van der Waals surface area contributed by atoms with Crippen molar-refractivity contribution in [3.05, 3.63) is 70.5 Å². The average Bonchev–Trinajstić information content (AvgIpc) is 3.65. The summed E-state index contributed by atoms with van der Waals surface area (Å²) in [4.78, 5) is 46.5. The van der Waals surface area contributed by atoms with Crippen molar-refractivity contribution in [2.75, 3.05) is 0 Å². The quantitative estimate of drug-likeness (QED) is 0.175. The van der Waals surface area contributed by atoms with Gasteiger partial charge in [-0.05, 0) is 90.2 Å². The Bertz CT molecular complexity index is 1830. The molecule has 2 aliphatic rings. The number of amides is 2. The van der Waals surface area contributed by atoms with E-state index in [1.54, 1.807) is 9.80 Å². The lowest BCUT2D eigenvalue weighted by Crippen LogP contribution is -2.41. The molecule has 2 fully saturated rings. The second kappa shape index (κ2) is 14.6. The Morgan fingerprint density at radius 2 is 0.870 bits per heavy atom. The minimum absolute atomic E-state index is 0.0669. The normalized spacial score (nSPS) is 23.4. The van der Waals surface area contributed by atoms with Gasteiger partial charge in [0.1, 0.15) is 44.5 Å². The molecule has 2 aromatic heterocycles. The van der Waals surface area contributed by atoms with E-state index in [4.69, 9.17) is 42.6 Å². The summed E-state index contributed by atoms with van der Waals surface area (Å²) in [6, 6.07) is 15.5. The smallest absolute Gasteiger partial charge is 0.411 e. The van der Waals surface area contributed by atoms with Crippen molar-refractivity contribution >= 4 is 35.4 Å². The van der Waals surface area contributed by atoms with Crippen LogP contribution < -0.4 is 0 Å². The maximum absolute atomic E-state index is 13.4. The Morgan fingerprint density at radius 1 is 0.593 bits per heavy atom. The summed E-state index contributed by atoms with van der Waals surface area (Å²) in [6.45, 7) is 23.8. The zero-order valence-corrected chi connectivity index (χ0v) is 34.9. The fourth-order valence-corrected chi connectivity index (χ4v) is 7.91. The first-order valence-electron chi connectivity index (χ1n) is 18.9. The number of nitrogens with zero attached hydrogens (tertiary/aromatic N) is 4. The van der Waals surface area contributed by atoms with Crippen LogP contribution in [0.3, 0.4) is 0 Å². The highest BCUT2D eigenvalue weighted by molar-refractivity contribution is 6.32. The SMILES string of the molecule is C[C@@H]1C(N(C(=O)OC(C)(C)C)[C@@H](C)c2nc(-c3ccc(-c4ccc(-c5nc([C@H](C)N(C(=O)OC(C)(C)C)C6[C@@H](C)[C@H]6C)[nH]c5Cl)cc4)cc3)c(Cl)[nH]2)[C@@H]1C. The lowest BCUT2D eigenvalue weighted by atomic mass is 10.0. The molecule has 2 saturated carbocycles. The summed E-state index contributed by atoms with van der Waals surface area (Å²) in [5.41, 5.74) is 3.76. The molecule has 2 unspecified atom stereocenters. The van der Waals surface area contributed by atoms with Crippen LogP contribution in [0.25, 0.3) is 33.6 Å². The summed E-state index contributed by atoms with van der Waals surface area (Å²) in [5.74, 6) is 2.68. The number of aromatic amines is 2. The second-order valence-corrected chi connectivity index (χ2v) is 18.0. The molecule has 0 radical (unpaired) electrons. The number of imidazole rings is 2. The zero-order valence-electron chi connectivity index (χ0n) is 33.4. The number of carbonyl (C=O) groups excluding carboxylic acids is 2. The van der Waals surface area contributed by atoms with Gasteiger partial charge in [0.05, 0.1) is 12.1 Å². The number of ether oxygens (including phenoxy) is 2. The zero-order chi connectivity index (χ0) is 39.6. The lowest BCUT2D eigenvalue weighted by molar-refractivity contribution is 0.0116. The molecule has 2 aromatic carbocycles.